The summed E-state index contributed by atoms with van der Waals surface area (Å²) in [6.07, 6.45) is 1.41. The largest absolute Gasteiger partial charge is 0.489 e. The number of nitriles is 1. The minimum atomic E-state index is -0.603. The molecule has 0 aliphatic carbocycles. The highest BCUT2D eigenvalue weighted by Gasteiger charge is 2.15. The second-order valence-corrected chi connectivity index (χ2v) is 7.23. The molecule has 0 fully saturated rings. The van der Waals surface area contributed by atoms with E-state index in [0.717, 1.165) is 11.6 Å². The van der Waals surface area contributed by atoms with Crippen LogP contribution in [0.25, 0.3) is 6.08 Å². The van der Waals surface area contributed by atoms with E-state index < -0.39 is 10.7 Å². The molecule has 31 heavy (non-hydrogen) atoms. The molecule has 0 aliphatic heterocycles. The second kappa shape index (κ2) is 9.90. The van der Waals surface area contributed by atoms with Crippen LogP contribution < -0.4 is 4.74 Å². The zero-order valence-corrected chi connectivity index (χ0v) is 17.4. The third kappa shape index (κ3) is 5.70. The van der Waals surface area contributed by atoms with Crippen molar-refractivity contribution in [3.8, 4) is 11.8 Å². The summed E-state index contributed by atoms with van der Waals surface area (Å²) >= 11 is 11.9. The highest BCUT2D eigenvalue weighted by atomic mass is 35.5. The highest BCUT2D eigenvalue weighted by molar-refractivity contribution is 6.42. The van der Waals surface area contributed by atoms with Crippen LogP contribution in [-0.4, -0.2) is 10.7 Å². The number of ketones is 1. The lowest BCUT2D eigenvalue weighted by molar-refractivity contribution is -0.384. The standard InChI is InChI=1S/C23H14Cl2N2O4/c24-21-8-7-16(11-22(21)25)14-31-20-6-1-3-15(10-20)9-18(13-26)23(28)17-4-2-5-19(12-17)27(29)30/h1-12H,14H2/b18-9+. The normalized spacial score (nSPS) is 10.9. The first-order valence-corrected chi connectivity index (χ1v) is 9.70. The first-order valence-electron chi connectivity index (χ1n) is 8.95. The number of rotatable bonds is 7. The van der Waals surface area contributed by atoms with Gasteiger partial charge in [-0.2, -0.15) is 5.26 Å². The van der Waals surface area contributed by atoms with Gasteiger partial charge in [-0.25, -0.2) is 0 Å². The number of nitrogens with zero attached hydrogens (tertiary/aromatic N) is 2. The van der Waals surface area contributed by atoms with Gasteiger partial charge in [0, 0.05) is 17.7 Å². The Morgan fingerprint density at radius 1 is 1.06 bits per heavy atom. The van der Waals surface area contributed by atoms with Gasteiger partial charge in [-0.1, -0.05) is 53.5 Å². The molecule has 3 rings (SSSR count). The number of Topliss-reactive ketones (excluding diaryl/α,β-unsaturated/α-hetero) is 1. The summed E-state index contributed by atoms with van der Waals surface area (Å²) < 4.78 is 5.76. The molecule has 8 heteroatoms. The molecule has 3 aromatic carbocycles. The molecule has 154 valence electrons. The molecule has 0 aromatic heterocycles. The van der Waals surface area contributed by atoms with E-state index in [1.54, 1.807) is 42.5 Å². The molecule has 6 nitrogen and oxygen atoms in total. The van der Waals surface area contributed by atoms with E-state index in [4.69, 9.17) is 27.9 Å². The summed E-state index contributed by atoms with van der Waals surface area (Å²) in [6, 6.07) is 19.1. The van der Waals surface area contributed by atoms with E-state index in [9.17, 15) is 20.2 Å². The van der Waals surface area contributed by atoms with Crippen LogP contribution >= 0.6 is 23.2 Å². The van der Waals surface area contributed by atoms with Gasteiger partial charge in [-0.3, -0.25) is 14.9 Å². The van der Waals surface area contributed by atoms with Crippen molar-refractivity contribution in [2.24, 2.45) is 0 Å². The van der Waals surface area contributed by atoms with Crippen LogP contribution in [0.4, 0.5) is 5.69 Å². The van der Waals surface area contributed by atoms with Crippen molar-refractivity contribution in [2.45, 2.75) is 6.61 Å². The Morgan fingerprint density at radius 3 is 2.55 bits per heavy atom. The molecule has 0 aliphatic rings. The van der Waals surface area contributed by atoms with Crippen LogP contribution in [0.15, 0.2) is 72.3 Å². The maximum Gasteiger partial charge on any atom is 0.270 e. The summed E-state index contributed by atoms with van der Waals surface area (Å²) in [5.41, 5.74) is 1.09. The molecule has 0 radical (unpaired) electrons. The summed E-state index contributed by atoms with van der Waals surface area (Å²) in [4.78, 5) is 23.0. The molecule has 0 N–H and O–H groups in total. The predicted molar refractivity (Wildman–Crippen MR) is 118 cm³/mol. The Kier molecular flexibility index (Phi) is 7.03. The summed E-state index contributed by atoms with van der Waals surface area (Å²) in [5, 5.41) is 21.3. The van der Waals surface area contributed by atoms with Gasteiger partial charge in [0.05, 0.1) is 15.0 Å². The van der Waals surface area contributed by atoms with Crippen LogP contribution in [-0.2, 0) is 6.61 Å². The molecular formula is C23H14Cl2N2O4. The Hall–Kier alpha value is -3.66. The fourth-order valence-electron chi connectivity index (χ4n) is 2.72. The molecule has 0 unspecified atom stereocenters. The molecule has 0 amide bonds. The van der Waals surface area contributed by atoms with Gasteiger partial charge in [0.2, 0.25) is 5.78 Å². The lowest BCUT2D eigenvalue weighted by Gasteiger charge is -2.08. The average Bonchev–Trinajstić information content (AvgIpc) is 2.78. The Balaban J connectivity index is 1.79. The Morgan fingerprint density at radius 2 is 1.84 bits per heavy atom. The Bertz CT molecular complexity index is 1230. The van der Waals surface area contributed by atoms with E-state index in [1.807, 2.05) is 6.07 Å². The van der Waals surface area contributed by atoms with E-state index >= 15 is 0 Å². The van der Waals surface area contributed by atoms with Crippen molar-refractivity contribution in [1.29, 1.82) is 5.26 Å². The number of nitro groups is 1. The number of benzene rings is 3. The number of allylic oxidation sites excluding steroid dienone is 1. The Labute approximate surface area is 188 Å². The molecule has 3 aromatic rings. The topological polar surface area (TPSA) is 93.2 Å². The van der Waals surface area contributed by atoms with Crippen LogP contribution in [0.1, 0.15) is 21.5 Å². The van der Waals surface area contributed by atoms with E-state index in [2.05, 4.69) is 0 Å². The van der Waals surface area contributed by atoms with E-state index in [-0.39, 0.29) is 23.4 Å². The number of nitro benzene ring substituents is 1. The first kappa shape index (κ1) is 22.0. The minimum Gasteiger partial charge on any atom is -0.489 e. The number of carbonyl (C=O) groups is 1. The van der Waals surface area contributed by atoms with Crippen LogP contribution in [0.5, 0.6) is 5.75 Å². The third-order valence-corrected chi connectivity index (χ3v) is 4.98. The van der Waals surface area contributed by atoms with Crippen molar-refractivity contribution < 1.29 is 14.5 Å². The van der Waals surface area contributed by atoms with Crippen molar-refractivity contribution in [3.63, 3.8) is 0 Å². The van der Waals surface area contributed by atoms with Crippen LogP contribution in [0.2, 0.25) is 10.0 Å². The van der Waals surface area contributed by atoms with Gasteiger partial charge in [-0.15, -0.1) is 0 Å². The molecular weight excluding hydrogens is 439 g/mol. The summed E-state index contributed by atoms with van der Waals surface area (Å²) in [7, 11) is 0. The van der Waals surface area contributed by atoms with Crippen molar-refractivity contribution in [3.05, 3.63) is 109 Å². The van der Waals surface area contributed by atoms with Crippen LogP contribution in [0, 0.1) is 21.4 Å². The number of halogens is 2. The van der Waals surface area contributed by atoms with Gasteiger partial charge in [0.15, 0.2) is 0 Å². The van der Waals surface area contributed by atoms with E-state index in [0.29, 0.717) is 21.4 Å². The lowest BCUT2D eigenvalue weighted by Crippen LogP contribution is -2.03. The summed E-state index contributed by atoms with van der Waals surface area (Å²) in [6.45, 7) is 0.252. The van der Waals surface area contributed by atoms with Crippen molar-refractivity contribution in [1.82, 2.24) is 0 Å². The fourth-order valence-corrected chi connectivity index (χ4v) is 3.04. The van der Waals surface area contributed by atoms with E-state index in [1.165, 1.54) is 24.3 Å². The number of ether oxygens (including phenoxy) is 1. The third-order valence-electron chi connectivity index (χ3n) is 4.24. The van der Waals surface area contributed by atoms with Gasteiger partial charge >= 0.3 is 0 Å². The smallest absolute Gasteiger partial charge is 0.270 e. The van der Waals surface area contributed by atoms with Gasteiger partial charge in [0.25, 0.3) is 5.69 Å². The number of hydrogen-bond acceptors (Lipinski definition) is 5. The molecule has 0 saturated carbocycles. The summed E-state index contributed by atoms with van der Waals surface area (Å²) in [5.74, 6) is -0.0757. The fraction of sp³-hybridized carbons (Fsp3) is 0.0435. The lowest BCUT2D eigenvalue weighted by atomic mass is 10.0. The SMILES string of the molecule is N#C/C(=C\c1cccc(OCc2ccc(Cl)c(Cl)c2)c1)C(=O)c1cccc([N+](=O)[O-])c1. The number of non-ortho nitro benzene ring substituents is 1. The zero-order chi connectivity index (χ0) is 22.4. The van der Waals surface area contributed by atoms with Crippen LogP contribution in [0.3, 0.4) is 0 Å². The first-order chi connectivity index (χ1) is 14.9. The van der Waals surface area contributed by atoms with Gasteiger partial charge in [-0.05, 0) is 41.5 Å². The number of carbonyl (C=O) groups excluding carboxylic acids is 1. The maximum absolute atomic E-state index is 12.6. The maximum atomic E-state index is 12.6. The highest BCUT2D eigenvalue weighted by Crippen LogP contribution is 2.24. The minimum absolute atomic E-state index is 0.0639. The average molecular weight is 453 g/mol. The molecule has 0 heterocycles. The molecule has 0 atom stereocenters. The predicted octanol–water partition coefficient (Wildman–Crippen LogP) is 6.27. The van der Waals surface area contributed by atoms with Crippen molar-refractivity contribution in [2.75, 3.05) is 0 Å². The molecule has 0 spiro atoms. The monoisotopic (exact) mass is 452 g/mol. The quantitative estimate of drug-likeness (QED) is 0.138. The zero-order valence-electron chi connectivity index (χ0n) is 15.9. The molecule has 0 bridgehead atoms. The van der Waals surface area contributed by atoms with Gasteiger partial charge < -0.3 is 4.74 Å². The van der Waals surface area contributed by atoms with Crippen molar-refractivity contribution >= 4 is 40.7 Å². The number of hydrogen-bond donors (Lipinski definition) is 0. The molecule has 0 saturated heterocycles. The van der Waals surface area contributed by atoms with Gasteiger partial charge in [0.1, 0.15) is 24.0 Å². The second-order valence-electron chi connectivity index (χ2n) is 6.42.